The molecule has 0 atom stereocenters. The van der Waals surface area contributed by atoms with E-state index in [2.05, 4.69) is 17.1 Å². The van der Waals surface area contributed by atoms with Gasteiger partial charge < -0.3 is 20.7 Å². The number of likely N-dealkylation sites (tertiary alicyclic amines) is 1. The lowest BCUT2D eigenvalue weighted by Crippen LogP contribution is -2.36. The number of para-hydroxylation sites is 1. The number of piperidine rings is 1. The zero-order valence-corrected chi connectivity index (χ0v) is 12.0. The average molecular weight is 263 g/mol. The number of anilines is 2. The molecular weight excluding hydrogens is 238 g/mol. The number of nitrogens with two attached hydrogens (primary N) is 1. The number of rotatable bonds is 5. The molecule has 1 aromatic rings. The monoisotopic (exact) mass is 263 g/mol. The Hall–Kier alpha value is -1.42. The third-order valence-corrected chi connectivity index (χ3v) is 3.91. The van der Waals surface area contributed by atoms with Gasteiger partial charge >= 0.3 is 0 Å². The van der Waals surface area contributed by atoms with Crippen LogP contribution < -0.4 is 15.8 Å². The van der Waals surface area contributed by atoms with Crippen molar-refractivity contribution >= 4 is 11.4 Å². The molecule has 0 saturated carbocycles. The van der Waals surface area contributed by atoms with E-state index in [9.17, 15) is 0 Å². The Kier molecular flexibility index (Phi) is 4.91. The molecule has 3 N–H and O–H groups in total. The van der Waals surface area contributed by atoms with Gasteiger partial charge in [0, 0.05) is 13.1 Å². The SMILES string of the molecule is COc1cccc(NCCN2CCC(C)CC2)c1N. The Bertz CT molecular complexity index is 400. The highest BCUT2D eigenvalue weighted by Gasteiger charge is 2.15. The van der Waals surface area contributed by atoms with E-state index in [4.69, 9.17) is 10.5 Å². The van der Waals surface area contributed by atoms with E-state index in [1.165, 1.54) is 25.9 Å². The number of nitrogens with one attached hydrogen (secondary N) is 1. The summed E-state index contributed by atoms with van der Waals surface area (Å²) in [6.07, 6.45) is 2.64. The van der Waals surface area contributed by atoms with Crippen molar-refractivity contribution < 1.29 is 4.74 Å². The maximum Gasteiger partial charge on any atom is 0.143 e. The molecule has 4 heteroatoms. The molecule has 0 aromatic heterocycles. The van der Waals surface area contributed by atoms with Crippen LogP contribution in [-0.2, 0) is 0 Å². The Morgan fingerprint density at radius 1 is 1.37 bits per heavy atom. The number of hydrogen-bond donors (Lipinski definition) is 2. The van der Waals surface area contributed by atoms with E-state index in [1.54, 1.807) is 7.11 Å². The summed E-state index contributed by atoms with van der Waals surface area (Å²) in [6.45, 7) is 6.77. The minimum Gasteiger partial charge on any atom is -0.495 e. The third-order valence-electron chi connectivity index (χ3n) is 3.91. The first-order chi connectivity index (χ1) is 9.20. The quantitative estimate of drug-likeness (QED) is 0.801. The standard InChI is InChI=1S/C15H25N3O/c1-12-6-9-18(10-7-12)11-8-17-13-4-3-5-14(19-2)15(13)16/h3-5,12,17H,6-11,16H2,1-2H3. The lowest BCUT2D eigenvalue weighted by Gasteiger charge is -2.30. The molecule has 1 saturated heterocycles. The Morgan fingerprint density at radius 2 is 2.11 bits per heavy atom. The zero-order chi connectivity index (χ0) is 13.7. The maximum atomic E-state index is 6.03. The first-order valence-corrected chi connectivity index (χ1v) is 7.09. The third kappa shape index (κ3) is 3.77. The summed E-state index contributed by atoms with van der Waals surface area (Å²) in [5.41, 5.74) is 7.68. The van der Waals surface area contributed by atoms with E-state index in [1.807, 2.05) is 18.2 Å². The van der Waals surface area contributed by atoms with Crippen LogP contribution in [0.25, 0.3) is 0 Å². The number of hydrogen-bond acceptors (Lipinski definition) is 4. The van der Waals surface area contributed by atoms with Crippen LogP contribution in [0.1, 0.15) is 19.8 Å². The fourth-order valence-corrected chi connectivity index (χ4v) is 2.51. The molecule has 1 fully saturated rings. The lowest BCUT2D eigenvalue weighted by molar-refractivity contribution is 0.199. The normalized spacial score (nSPS) is 17.4. The van der Waals surface area contributed by atoms with Crippen LogP contribution in [0.15, 0.2) is 18.2 Å². The summed E-state index contributed by atoms with van der Waals surface area (Å²) in [6, 6.07) is 5.84. The molecule has 1 aromatic carbocycles. The van der Waals surface area contributed by atoms with Crippen molar-refractivity contribution in [2.24, 2.45) is 5.92 Å². The number of methoxy groups -OCH3 is 1. The molecule has 0 radical (unpaired) electrons. The highest BCUT2D eigenvalue weighted by atomic mass is 16.5. The van der Waals surface area contributed by atoms with Gasteiger partial charge in [0.05, 0.1) is 18.5 Å². The van der Waals surface area contributed by atoms with Gasteiger partial charge in [-0.05, 0) is 44.0 Å². The summed E-state index contributed by atoms with van der Waals surface area (Å²) >= 11 is 0. The van der Waals surface area contributed by atoms with Gasteiger partial charge in [0.25, 0.3) is 0 Å². The minimum atomic E-state index is 0.692. The number of benzene rings is 1. The molecule has 1 aliphatic heterocycles. The van der Waals surface area contributed by atoms with Crippen molar-refractivity contribution in [3.05, 3.63) is 18.2 Å². The van der Waals surface area contributed by atoms with Crippen LogP contribution in [0.2, 0.25) is 0 Å². The van der Waals surface area contributed by atoms with Crippen molar-refractivity contribution in [1.29, 1.82) is 0 Å². The Morgan fingerprint density at radius 3 is 2.79 bits per heavy atom. The molecule has 2 rings (SSSR count). The Labute approximate surface area is 115 Å². The first kappa shape index (κ1) is 14.0. The van der Waals surface area contributed by atoms with Gasteiger partial charge in [-0.25, -0.2) is 0 Å². The molecule has 106 valence electrons. The van der Waals surface area contributed by atoms with Gasteiger partial charge in [0.1, 0.15) is 5.75 Å². The number of nitrogen functional groups attached to an aromatic ring is 1. The molecule has 0 amide bonds. The largest absolute Gasteiger partial charge is 0.495 e. The molecular formula is C15H25N3O. The molecule has 0 bridgehead atoms. The van der Waals surface area contributed by atoms with Crippen molar-refractivity contribution in [2.75, 3.05) is 44.3 Å². The fourth-order valence-electron chi connectivity index (χ4n) is 2.51. The fraction of sp³-hybridized carbons (Fsp3) is 0.600. The summed E-state index contributed by atoms with van der Waals surface area (Å²) < 4.78 is 5.22. The van der Waals surface area contributed by atoms with Crippen LogP contribution in [0.3, 0.4) is 0 Å². The number of ether oxygens (including phenoxy) is 1. The van der Waals surface area contributed by atoms with E-state index in [-0.39, 0.29) is 0 Å². The molecule has 4 nitrogen and oxygen atoms in total. The van der Waals surface area contributed by atoms with Crippen LogP contribution in [-0.4, -0.2) is 38.2 Å². The predicted octanol–water partition coefficient (Wildman–Crippen LogP) is 2.42. The van der Waals surface area contributed by atoms with Crippen molar-refractivity contribution in [2.45, 2.75) is 19.8 Å². The summed E-state index contributed by atoms with van der Waals surface area (Å²) in [4.78, 5) is 2.52. The van der Waals surface area contributed by atoms with E-state index < -0.39 is 0 Å². The minimum absolute atomic E-state index is 0.692. The first-order valence-electron chi connectivity index (χ1n) is 7.09. The maximum absolute atomic E-state index is 6.03. The van der Waals surface area contributed by atoms with Crippen LogP contribution in [0.4, 0.5) is 11.4 Å². The van der Waals surface area contributed by atoms with Crippen LogP contribution >= 0.6 is 0 Å². The van der Waals surface area contributed by atoms with Gasteiger partial charge in [-0.3, -0.25) is 0 Å². The van der Waals surface area contributed by atoms with Gasteiger partial charge in [0.2, 0.25) is 0 Å². The van der Waals surface area contributed by atoms with E-state index >= 15 is 0 Å². The molecule has 1 heterocycles. The van der Waals surface area contributed by atoms with Crippen molar-refractivity contribution in [1.82, 2.24) is 4.90 Å². The predicted molar refractivity (Wildman–Crippen MR) is 80.7 cm³/mol. The van der Waals surface area contributed by atoms with Gasteiger partial charge in [-0.15, -0.1) is 0 Å². The smallest absolute Gasteiger partial charge is 0.143 e. The Balaban J connectivity index is 1.79. The number of nitrogens with zero attached hydrogens (tertiary/aromatic N) is 1. The summed E-state index contributed by atoms with van der Waals surface area (Å²) in [7, 11) is 1.64. The van der Waals surface area contributed by atoms with Gasteiger partial charge in [0.15, 0.2) is 0 Å². The summed E-state index contributed by atoms with van der Waals surface area (Å²) in [5.74, 6) is 1.62. The second-order valence-corrected chi connectivity index (χ2v) is 5.37. The van der Waals surface area contributed by atoms with Crippen molar-refractivity contribution in [3.63, 3.8) is 0 Å². The van der Waals surface area contributed by atoms with Crippen LogP contribution in [0.5, 0.6) is 5.75 Å². The molecule has 0 spiro atoms. The molecule has 0 unspecified atom stereocenters. The summed E-state index contributed by atoms with van der Waals surface area (Å²) in [5, 5.41) is 3.40. The highest BCUT2D eigenvalue weighted by Crippen LogP contribution is 2.28. The molecule has 0 aliphatic carbocycles. The van der Waals surface area contributed by atoms with E-state index in [0.717, 1.165) is 30.4 Å². The second kappa shape index (κ2) is 6.66. The highest BCUT2D eigenvalue weighted by molar-refractivity contribution is 5.72. The average Bonchev–Trinajstić information content (AvgIpc) is 2.43. The van der Waals surface area contributed by atoms with Gasteiger partial charge in [-0.2, -0.15) is 0 Å². The van der Waals surface area contributed by atoms with Crippen molar-refractivity contribution in [3.8, 4) is 5.75 Å². The molecule has 1 aliphatic rings. The topological polar surface area (TPSA) is 50.5 Å². The zero-order valence-electron chi connectivity index (χ0n) is 12.0. The molecule has 19 heavy (non-hydrogen) atoms. The second-order valence-electron chi connectivity index (χ2n) is 5.37. The van der Waals surface area contributed by atoms with Crippen LogP contribution in [0, 0.1) is 5.92 Å². The lowest BCUT2D eigenvalue weighted by atomic mass is 9.99. The van der Waals surface area contributed by atoms with Gasteiger partial charge in [-0.1, -0.05) is 13.0 Å². The van der Waals surface area contributed by atoms with E-state index in [0.29, 0.717) is 5.69 Å².